The van der Waals surface area contributed by atoms with Crippen LogP contribution in [0.3, 0.4) is 0 Å². The van der Waals surface area contributed by atoms with Gasteiger partial charge in [-0.2, -0.15) is 16.8 Å². The van der Waals surface area contributed by atoms with Crippen molar-refractivity contribution in [1.82, 2.24) is 0 Å². The number of hydrogen-bond acceptors (Lipinski definition) is 5. The minimum Gasteiger partial charge on any atom is -0.264 e. The Labute approximate surface area is 172 Å². The SMILES string of the molecule is CCCCCCCCCCCCCCCCCCOS(=O)(=O)O.O=S(=O)(O)O. The van der Waals surface area contributed by atoms with Crippen LogP contribution in [0, 0.1) is 0 Å². The molecule has 0 saturated heterocycles. The maximum absolute atomic E-state index is 10.3. The summed E-state index contributed by atoms with van der Waals surface area (Å²) in [7, 11) is -8.91. The van der Waals surface area contributed by atoms with E-state index in [1.807, 2.05) is 0 Å². The zero-order chi connectivity index (χ0) is 21.7. The first-order chi connectivity index (χ1) is 13.1. The second kappa shape index (κ2) is 20.0. The standard InChI is InChI=1S/C18H38O4S.H2O4S/c1-2-3-4-5-6-7-8-9-10-11-12-13-14-15-16-17-18-22-23(19,20)21;1-5(2,3)4/h2-18H2,1H3,(H,19,20,21);(H2,1,2,3,4). The molecule has 3 N–H and O–H groups in total. The smallest absolute Gasteiger partial charge is 0.264 e. The van der Waals surface area contributed by atoms with Gasteiger partial charge in [0, 0.05) is 0 Å². The van der Waals surface area contributed by atoms with Gasteiger partial charge in [0.1, 0.15) is 0 Å². The third kappa shape index (κ3) is 40.4. The lowest BCUT2D eigenvalue weighted by Crippen LogP contribution is -2.04. The summed E-state index contributed by atoms with van der Waals surface area (Å²) in [6, 6.07) is 0. The van der Waals surface area contributed by atoms with Crippen LogP contribution >= 0.6 is 0 Å². The summed E-state index contributed by atoms with van der Waals surface area (Å²) < 4.78 is 64.9. The highest BCUT2D eigenvalue weighted by molar-refractivity contribution is 7.80. The fraction of sp³-hybridized carbons (Fsp3) is 1.00. The third-order valence-electron chi connectivity index (χ3n) is 4.23. The number of rotatable bonds is 18. The highest BCUT2D eigenvalue weighted by atomic mass is 32.3. The molecule has 0 amide bonds. The van der Waals surface area contributed by atoms with Crippen LogP contribution in [0.5, 0.6) is 0 Å². The van der Waals surface area contributed by atoms with Crippen LogP contribution in [-0.4, -0.2) is 37.1 Å². The maximum atomic E-state index is 10.3. The summed E-state index contributed by atoms with van der Waals surface area (Å²) in [5.41, 5.74) is 0. The average molecular weight is 449 g/mol. The Hall–Kier alpha value is -0.260. The second-order valence-electron chi connectivity index (χ2n) is 7.00. The van der Waals surface area contributed by atoms with Gasteiger partial charge in [0.05, 0.1) is 6.61 Å². The summed E-state index contributed by atoms with van der Waals surface area (Å²) in [5, 5.41) is 0. The molecule has 0 aromatic heterocycles. The van der Waals surface area contributed by atoms with Gasteiger partial charge in [-0.25, -0.2) is 4.18 Å². The largest absolute Gasteiger partial charge is 0.397 e. The van der Waals surface area contributed by atoms with E-state index in [1.54, 1.807) is 0 Å². The molecule has 10 heteroatoms. The molecule has 0 unspecified atom stereocenters. The molecule has 0 heterocycles. The van der Waals surface area contributed by atoms with E-state index in [4.69, 9.17) is 22.1 Å². The lowest BCUT2D eigenvalue weighted by Gasteiger charge is -2.03. The van der Waals surface area contributed by atoms with Gasteiger partial charge in [-0.1, -0.05) is 103 Å². The van der Waals surface area contributed by atoms with E-state index < -0.39 is 20.8 Å². The fourth-order valence-electron chi connectivity index (χ4n) is 2.81. The first-order valence-electron chi connectivity index (χ1n) is 10.4. The molecule has 0 aromatic carbocycles. The molecule has 172 valence electrons. The predicted octanol–water partition coefficient (Wildman–Crippen LogP) is 5.41. The first kappa shape index (κ1) is 29.9. The Morgan fingerprint density at radius 2 is 0.786 bits per heavy atom. The molecular weight excluding hydrogens is 408 g/mol. The second-order valence-corrected chi connectivity index (χ2v) is 8.99. The van der Waals surface area contributed by atoms with Crippen LogP contribution in [0.15, 0.2) is 0 Å². The van der Waals surface area contributed by atoms with E-state index in [0.717, 1.165) is 12.8 Å². The van der Waals surface area contributed by atoms with Crippen molar-refractivity contribution in [2.75, 3.05) is 6.61 Å². The molecular formula is C18H40O8S2. The van der Waals surface area contributed by atoms with Crippen LogP contribution in [0.25, 0.3) is 0 Å². The highest BCUT2D eigenvalue weighted by Gasteiger charge is 2.02. The van der Waals surface area contributed by atoms with Gasteiger partial charge < -0.3 is 0 Å². The lowest BCUT2D eigenvalue weighted by atomic mass is 10.0. The zero-order valence-corrected chi connectivity index (χ0v) is 18.9. The van der Waals surface area contributed by atoms with E-state index in [2.05, 4.69) is 11.1 Å². The minimum atomic E-state index is -4.67. The normalized spacial score (nSPS) is 11.9. The van der Waals surface area contributed by atoms with E-state index in [-0.39, 0.29) is 6.61 Å². The van der Waals surface area contributed by atoms with Crippen LogP contribution in [0.2, 0.25) is 0 Å². The first-order valence-corrected chi connectivity index (χ1v) is 13.1. The van der Waals surface area contributed by atoms with E-state index in [1.165, 1.54) is 83.5 Å². The quantitative estimate of drug-likeness (QED) is 0.187. The van der Waals surface area contributed by atoms with E-state index in [9.17, 15) is 8.42 Å². The van der Waals surface area contributed by atoms with Gasteiger partial charge in [0.2, 0.25) is 0 Å². The highest BCUT2D eigenvalue weighted by Crippen LogP contribution is 2.13. The van der Waals surface area contributed by atoms with Crippen molar-refractivity contribution in [2.24, 2.45) is 0 Å². The molecule has 0 aliphatic rings. The van der Waals surface area contributed by atoms with Crippen molar-refractivity contribution in [2.45, 2.75) is 110 Å². The molecule has 0 fully saturated rings. The summed E-state index contributed by atoms with van der Waals surface area (Å²) in [4.78, 5) is 0. The number of hydrogen-bond donors (Lipinski definition) is 3. The van der Waals surface area contributed by atoms with Crippen molar-refractivity contribution in [3.05, 3.63) is 0 Å². The molecule has 0 saturated carbocycles. The van der Waals surface area contributed by atoms with E-state index in [0.29, 0.717) is 6.42 Å². The van der Waals surface area contributed by atoms with Gasteiger partial charge in [-0.15, -0.1) is 0 Å². The Morgan fingerprint density at radius 3 is 1.04 bits per heavy atom. The summed E-state index contributed by atoms with van der Waals surface area (Å²) in [5.74, 6) is 0. The van der Waals surface area contributed by atoms with Crippen molar-refractivity contribution in [3.8, 4) is 0 Å². The van der Waals surface area contributed by atoms with Crippen LogP contribution < -0.4 is 0 Å². The van der Waals surface area contributed by atoms with Crippen molar-refractivity contribution >= 4 is 20.8 Å². The molecule has 0 rings (SSSR count). The van der Waals surface area contributed by atoms with Gasteiger partial charge >= 0.3 is 20.8 Å². The van der Waals surface area contributed by atoms with Crippen molar-refractivity contribution in [3.63, 3.8) is 0 Å². The Bertz CT molecular complexity index is 510. The van der Waals surface area contributed by atoms with Crippen LogP contribution in [-0.2, 0) is 25.0 Å². The van der Waals surface area contributed by atoms with Crippen molar-refractivity contribution < 1.29 is 34.7 Å². The van der Waals surface area contributed by atoms with Gasteiger partial charge in [-0.3, -0.25) is 13.7 Å². The Morgan fingerprint density at radius 1 is 0.536 bits per heavy atom. The third-order valence-corrected chi connectivity index (χ3v) is 4.69. The molecule has 0 aliphatic heterocycles. The molecule has 0 spiro atoms. The fourth-order valence-corrected chi connectivity index (χ4v) is 3.14. The van der Waals surface area contributed by atoms with Crippen molar-refractivity contribution in [1.29, 1.82) is 0 Å². The van der Waals surface area contributed by atoms with Gasteiger partial charge in [0.15, 0.2) is 0 Å². The molecule has 0 aliphatic carbocycles. The molecule has 8 nitrogen and oxygen atoms in total. The van der Waals surface area contributed by atoms with Crippen LogP contribution in [0.1, 0.15) is 110 Å². The van der Waals surface area contributed by atoms with Gasteiger partial charge in [0.25, 0.3) is 0 Å². The lowest BCUT2D eigenvalue weighted by molar-refractivity contribution is 0.261. The topological polar surface area (TPSA) is 138 Å². The number of unbranched alkanes of at least 4 members (excludes halogenated alkanes) is 15. The van der Waals surface area contributed by atoms with Gasteiger partial charge in [-0.05, 0) is 6.42 Å². The molecule has 0 atom stereocenters. The van der Waals surface area contributed by atoms with Crippen LogP contribution in [0.4, 0.5) is 0 Å². The summed E-state index contributed by atoms with van der Waals surface area (Å²) in [6.07, 6.45) is 20.5. The van der Waals surface area contributed by atoms with E-state index >= 15 is 0 Å². The minimum absolute atomic E-state index is 0.0945. The Balaban J connectivity index is 0. The maximum Gasteiger partial charge on any atom is 0.397 e. The monoisotopic (exact) mass is 448 g/mol. The Kier molecular flexibility index (Phi) is 21.4. The molecule has 0 aromatic rings. The summed E-state index contributed by atoms with van der Waals surface area (Å²) >= 11 is 0. The average Bonchev–Trinajstić information content (AvgIpc) is 2.55. The molecule has 0 bridgehead atoms. The summed E-state index contributed by atoms with van der Waals surface area (Å²) in [6.45, 7) is 2.36. The molecule has 0 radical (unpaired) electrons. The zero-order valence-electron chi connectivity index (χ0n) is 17.2. The molecule has 28 heavy (non-hydrogen) atoms. The predicted molar refractivity (Wildman–Crippen MR) is 111 cm³/mol.